The molecule has 1 aromatic carbocycles. The predicted octanol–water partition coefficient (Wildman–Crippen LogP) is 3.91. The summed E-state index contributed by atoms with van der Waals surface area (Å²) in [6.45, 7) is 0. The van der Waals surface area contributed by atoms with Gasteiger partial charge in [0.05, 0.1) is 0 Å². The summed E-state index contributed by atoms with van der Waals surface area (Å²) in [5.41, 5.74) is -2.42. The molecule has 0 aliphatic carbocycles. The van der Waals surface area contributed by atoms with Gasteiger partial charge >= 0.3 is 5.38 Å². The van der Waals surface area contributed by atoms with Crippen LogP contribution in [0.3, 0.4) is 0 Å². The number of halogens is 4. The van der Waals surface area contributed by atoms with Crippen molar-refractivity contribution in [3.63, 3.8) is 0 Å². The van der Waals surface area contributed by atoms with E-state index in [2.05, 4.69) is 11.6 Å². The first-order chi connectivity index (χ1) is 6.00. The van der Waals surface area contributed by atoms with Gasteiger partial charge < -0.3 is 0 Å². The van der Waals surface area contributed by atoms with Crippen molar-refractivity contribution in [2.24, 2.45) is 0 Å². The molecule has 1 unspecified atom stereocenters. The molecule has 13 heavy (non-hydrogen) atoms. The van der Waals surface area contributed by atoms with Gasteiger partial charge in [-0.05, 0) is 23.7 Å². The first kappa shape index (κ1) is 10.7. The molecule has 0 amide bonds. The smallest absolute Gasteiger partial charge is 0.227 e. The molecule has 1 rings (SSSR count). The highest BCUT2D eigenvalue weighted by Gasteiger charge is 2.38. The average molecular weight is 227 g/mol. The molecule has 0 fully saturated rings. The third kappa shape index (κ3) is 3.48. The minimum atomic E-state index is -3.82. The highest BCUT2D eigenvalue weighted by Crippen LogP contribution is 2.37. The number of alkyl halides is 4. The molecule has 5 heteroatoms. The van der Waals surface area contributed by atoms with Gasteiger partial charge in [-0.1, -0.05) is 30.0 Å². The molecular weight excluding hydrogens is 221 g/mol. The molecule has 0 N–H and O–H groups in total. The van der Waals surface area contributed by atoms with Crippen LogP contribution < -0.4 is 0 Å². The van der Waals surface area contributed by atoms with Crippen LogP contribution in [0.2, 0.25) is 0 Å². The fraction of sp³-hybridized carbons (Fsp3) is 0.250. The number of thioether (sulfide) groups is 1. The Morgan fingerprint density at radius 3 is 2.23 bits per heavy atom. The van der Waals surface area contributed by atoms with E-state index in [0.717, 1.165) is 0 Å². The summed E-state index contributed by atoms with van der Waals surface area (Å²) in [5.74, 6) is 0. The highest BCUT2D eigenvalue weighted by atomic mass is 35.5. The summed E-state index contributed by atoms with van der Waals surface area (Å²) in [7, 11) is 0. The van der Waals surface area contributed by atoms with E-state index < -0.39 is 10.9 Å². The van der Waals surface area contributed by atoms with Crippen LogP contribution in [-0.4, -0.2) is 10.9 Å². The molecule has 0 aliphatic heterocycles. The van der Waals surface area contributed by atoms with Crippen LogP contribution in [-0.2, 0) is 0 Å². The van der Waals surface area contributed by atoms with Gasteiger partial charge in [-0.2, -0.15) is 8.78 Å². The molecule has 0 saturated heterocycles. The van der Waals surface area contributed by atoms with Gasteiger partial charge in [-0.15, -0.1) is 0 Å². The first-order valence-electron chi connectivity index (χ1n) is 3.42. The van der Waals surface area contributed by atoms with Crippen LogP contribution in [0, 0.1) is 0 Å². The molecule has 0 nitrogen and oxygen atoms in total. The number of hydrogen-bond acceptors (Lipinski definition) is 1. The maximum absolute atomic E-state index is 12.7. The molecule has 1 aromatic rings. The van der Waals surface area contributed by atoms with Crippen molar-refractivity contribution in [2.75, 3.05) is 0 Å². The zero-order valence-corrected chi connectivity index (χ0v) is 7.96. The Morgan fingerprint density at radius 1 is 1.23 bits per heavy atom. The van der Waals surface area contributed by atoms with E-state index in [1.807, 2.05) is 0 Å². The molecule has 0 saturated carbocycles. The van der Waals surface area contributed by atoms with Crippen LogP contribution in [0.4, 0.5) is 13.2 Å². The maximum Gasteiger partial charge on any atom is 0.362 e. The molecule has 0 radical (unpaired) electrons. The van der Waals surface area contributed by atoms with E-state index in [9.17, 15) is 13.2 Å². The molecule has 0 aromatic heterocycles. The summed E-state index contributed by atoms with van der Waals surface area (Å²) >= 11 is 4.91. The Balaban J connectivity index is 2.61. The lowest BCUT2D eigenvalue weighted by Crippen LogP contribution is -2.19. The van der Waals surface area contributed by atoms with Crippen molar-refractivity contribution in [1.82, 2.24) is 0 Å². The number of benzene rings is 1. The lowest BCUT2D eigenvalue weighted by atomic mass is 10.4. The van der Waals surface area contributed by atoms with Crippen LogP contribution in [0.5, 0.6) is 0 Å². The monoisotopic (exact) mass is 226 g/mol. The third-order valence-electron chi connectivity index (χ3n) is 1.24. The van der Waals surface area contributed by atoms with Crippen molar-refractivity contribution >= 4 is 23.4 Å². The van der Waals surface area contributed by atoms with Gasteiger partial charge in [0.2, 0.25) is 5.50 Å². The van der Waals surface area contributed by atoms with Gasteiger partial charge in [0.15, 0.2) is 0 Å². The summed E-state index contributed by atoms with van der Waals surface area (Å²) < 4.78 is 37.0. The molecule has 0 bridgehead atoms. The maximum atomic E-state index is 12.7. The molecule has 0 spiro atoms. The van der Waals surface area contributed by atoms with Crippen molar-refractivity contribution in [3.05, 3.63) is 30.3 Å². The van der Waals surface area contributed by atoms with Gasteiger partial charge in [0, 0.05) is 4.90 Å². The second-order valence-corrected chi connectivity index (χ2v) is 3.91. The highest BCUT2D eigenvalue weighted by molar-refractivity contribution is 7.99. The summed E-state index contributed by atoms with van der Waals surface area (Å²) in [4.78, 5) is 0.426. The zero-order valence-electron chi connectivity index (χ0n) is 6.38. The summed E-state index contributed by atoms with van der Waals surface area (Å²) in [6, 6.07) is 8.08. The largest absolute Gasteiger partial charge is 0.362 e. The quantitative estimate of drug-likeness (QED) is 0.556. The molecule has 72 valence electrons. The topological polar surface area (TPSA) is 0 Å². The van der Waals surface area contributed by atoms with Crippen LogP contribution in [0.1, 0.15) is 0 Å². The summed E-state index contributed by atoms with van der Waals surface area (Å²) in [5, 5.41) is -3.82. The SMILES string of the molecule is FC(Sc1ccccc1)C(F)(F)Cl. The van der Waals surface area contributed by atoms with E-state index in [1.54, 1.807) is 30.3 Å². The first-order valence-corrected chi connectivity index (χ1v) is 4.68. The summed E-state index contributed by atoms with van der Waals surface area (Å²) in [6.07, 6.45) is 0. The van der Waals surface area contributed by atoms with Crippen LogP contribution in [0.25, 0.3) is 0 Å². The Bertz CT molecular complexity index is 260. The molecular formula is C8H6ClF3S. The van der Waals surface area contributed by atoms with Gasteiger partial charge in [-0.25, -0.2) is 4.39 Å². The van der Waals surface area contributed by atoms with Crippen molar-refractivity contribution in [2.45, 2.75) is 15.8 Å². The molecule has 1 atom stereocenters. The molecule has 0 heterocycles. The lowest BCUT2D eigenvalue weighted by molar-refractivity contribution is 0.0486. The lowest BCUT2D eigenvalue weighted by Gasteiger charge is -2.12. The minimum absolute atomic E-state index is 0.402. The normalized spacial score (nSPS) is 14.2. The van der Waals surface area contributed by atoms with Crippen LogP contribution >= 0.6 is 23.4 Å². The predicted molar refractivity (Wildman–Crippen MR) is 48.0 cm³/mol. The zero-order chi connectivity index (χ0) is 9.90. The van der Waals surface area contributed by atoms with Crippen molar-refractivity contribution in [3.8, 4) is 0 Å². The fourth-order valence-electron chi connectivity index (χ4n) is 0.685. The van der Waals surface area contributed by atoms with E-state index in [4.69, 9.17) is 0 Å². The Kier molecular flexibility index (Phi) is 3.50. The Morgan fingerprint density at radius 2 is 1.77 bits per heavy atom. The fourth-order valence-corrected chi connectivity index (χ4v) is 1.51. The third-order valence-corrected chi connectivity index (χ3v) is 2.61. The second-order valence-electron chi connectivity index (χ2n) is 2.29. The Labute approximate surface area is 83.1 Å². The van der Waals surface area contributed by atoms with E-state index in [1.165, 1.54) is 0 Å². The average Bonchev–Trinajstić information content (AvgIpc) is 2.04. The van der Waals surface area contributed by atoms with Gasteiger partial charge in [0.1, 0.15) is 0 Å². The molecule has 0 aliphatic rings. The van der Waals surface area contributed by atoms with Crippen molar-refractivity contribution in [1.29, 1.82) is 0 Å². The standard InChI is InChI=1S/C8H6ClF3S/c9-8(11,12)7(10)13-6-4-2-1-3-5-6/h1-5,7H. The van der Waals surface area contributed by atoms with Crippen molar-refractivity contribution < 1.29 is 13.2 Å². The number of hydrogen-bond donors (Lipinski definition) is 0. The van der Waals surface area contributed by atoms with E-state index in [0.29, 0.717) is 16.7 Å². The van der Waals surface area contributed by atoms with Gasteiger partial charge in [-0.3, -0.25) is 0 Å². The Hall–Kier alpha value is -0.350. The van der Waals surface area contributed by atoms with E-state index in [-0.39, 0.29) is 0 Å². The minimum Gasteiger partial charge on any atom is -0.227 e. The van der Waals surface area contributed by atoms with Gasteiger partial charge in [0.25, 0.3) is 0 Å². The van der Waals surface area contributed by atoms with E-state index >= 15 is 0 Å². The second kappa shape index (κ2) is 4.24. The van der Waals surface area contributed by atoms with Crippen LogP contribution in [0.15, 0.2) is 35.2 Å². The number of rotatable bonds is 3.